The summed E-state index contributed by atoms with van der Waals surface area (Å²) in [6, 6.07) is 10.7. The smallest absolute Gasteiger partial charge is 0.0991 e. The van der Waals surface area contributed by atoms with Gasteiger partial charge >= 0.3 is 0 Å². The average Bonchev–Trinajstić information content (AvgIpc) is 2.06. The molecule has 0 aliphatic carbocycles. The van der Waals surface area contributed by atoms with Crippen LogP contribution in [0, 0.1) is 17.4 Å². The third-order valence-corrected chi connectivity index (χ3v) is 1.51. The van der Waals surface area contributed by atoms with Gasteiger partial charge in [-0.2, -0.15) is 5.26 Å². The second kappa shape index (κ2) is 3.78. The molecule has 1 heteroatoms. The molecule has 0 amide bonds. The summed E-state index contributed by atoms with van der Waals surface area (Å²) in [4.78, 5) is 0. The predicted octanol–water partition coefficient (Wildman–Crippen LogP) is 2.31. The van der Waals surface area contributed by atoms with E-state index >= 15 is 0 Å². The van der Waals surface area contributed by atoms with Gasteiger partial charge in [-0.15, -0.1) is 0 Å². The van der Waals surface area contributed by atoms with Crippen LogP contribution in [0.2, 0.25) is 0 Å². The van der Waals surface area contributed by atoms with Crippen LogP contribution in [0.1, 0.15) is 24.5 Å². The Bertz CT molecular complexity index is 270. The molecular formula is C10H10N. The molecule has 0 aliphatic rings. The molecule has 1 aromatic rings. The Balaban J connectivity index is 2.85. The highest BCUT2D eigenvalue weighted by atomic mass is 14.2. The second-order valence-electron chi connectivity index (χ2n) is 2.46. The van der Waals surface area contributed by atoms with E-state index in [2.05, 4.69) is 19.1 Å². The van der Waals surface area contributed by atoms with Gasteiger partial charge in [0.25, 0.3) is 0 Å². The molecular weight excluding hydrogens is 134 g/mol. The topological polar surface area (TPSA) is 23.8 Å². The molecule has 0 fully saturated rings. The first-order chi connectivity index (χ1) is 5.36. The summed E-state index contributed by atoms with van der Waals surface area (Å²) in [5.74, 6) is 0. The molecule has 1 radical (unpaired) electrons. The van der Waals surface area contributed by atoms with Crippen LogP contribution in [0.5, 0.6) is 0 Å². The molecule has 0 N–H and O–H groups in total. The van der Waals surface area contributed by atoms with Crippen LogP contribution in [0.4, 0.5) is 0 Å². The number of aryl methyl sites for hydroxylation is 1. The summed E-state index contributed by atoms with van der Waals surface area (Å²) in [7, 11) is 0. The fraction of sp³-hybridized carbons (Fsp3) is 0.300. The molecule has 11 heavy (non-hydrogen) atoms. The molecule has 0 heterocycles. The maximum absolute atomic E-state index is 8.57. The summed E-state index contributed by atoms with van der Waals surface area (Å²) in [5.41, 5.74) is 1.86. The van der Waals surface area contributed by atoms with Crippen molar-refractivity contribution in [1.29, 1.82) is 5.26 Å². The second-order valence-corrected chi connectivity index (χ2v) is 2.46. The first kappa shape index (κ1) is 7.81. The monoisotopic (exact) mass is 144 g/mol. The van der Waals surface area contributed by atoms with Gasteiger partial charge in [0.15, 0.2) is 0 Å². The van der Waals surface area contributed by atoms with Crippen LogP contribution in [0.15, 0.2) is 18.2 Å². The van der Waals surface area contributed by atoms with Crippen molar-refractivity contribution in [3.05, 3.63) is 35.4 Å². The zero-order valence-electron chi connectivity index (χ0n) is 6.59. The lowest BCUT2D eigenvalue weighted by molar-refractivity contribution is 0.920. The van der Waals surface area contributed by atoms with E-state index in [-0.39, 0.29) is 0 Å². The van der Waals surface area contributed by atoms with Crippen LogP contribution in [0.3, 0.4) is 0 Å². The van der Waals surface area contributed by atoms with Gasteiger partial charge in [0.2, 0.25) is 0 Å². The Hall–Kier alpha value is -1.29. The molecule has 1 nitrogen and oxygen atoms in total. The SMILES string of the molecule is CCCc1[c]ccc(C#N)c1. The minimum absolute atomic E-state index is 0.729. The molecule has 1 aromatic carbocycles. The van der Waals surface area contributed by atoms with Gasteiger partial charge in [-0.05, 0) is 30.2 Å². The molecule has 0 spiro atoms. The highest BCUT2D eigenvalue weighted by Crippen LogP contribution is 2.05. The highest BCUT2D eigenvalue weighted by Gasteiger charge is 1.92. The van der Waals surface area contributed by atoms with Crippen molar-refractivity contribution in [3.63, 3.8) is 0 Å². The zero-order valence-corrected chi connectivity index (χ0v) is 6.59. The van der Waals surface area contributed by atoms with Gasteiger partial charge in [0, 0.05) is 0 Å². The van der Waals surface area contributed by atoms with Gasteiger partial charge in [0.05, 0.1) is 11.6 Å². The van der Waals surface area contributed by atoms with E-state index in [1.165, 1.54) is 0 Å². The third kappa shape index (κ3) is 2.09. The van der Waals surface area contributed by atoms with Crippen molar-refractivity contribution >= 4 is 0 Å². The lowest BCUT2D eigenvalue weighted by atomic mass is 10.1. The number of rotatable bonds is 2. The van der Waals surface area contributed by atoms with Gasteiger partial charge in [0.1, 0.15) is 0 Å². The summed E-state index contributed by atoms with van der Waals surface area (Å²) >= 11 is 0. The molecule has 0 unspecified atom stereocenters. The quantitative estimate of drug-likeness (QED) is 0.624. The summed E-state index contributed by atoms with van der Waals surface area (Å²) in [5, 5.41) is 8.57. The van der Waals surface area contributed by atoms with Crippen molar-refractivity contribution in [2.45, 2.75) is 19.8 Å². The van der Waals surface area contributed by atoms with Crippen LogP contribution in [-0.4, -0.2) is 0 Å². The van der Waals surface area contributed by atoms with Crippen molar-refractivity contribution in [2.24, 2.45) is 0 Å². The van der Waals surface area contributed by atoms with Gasteiger partial charge in [-0.1, -0.05) is 19.4 Å². The van der Waals surface area contributed by atoms with Crippen LogP contribution in [-0.2, 0) is 6.42 Å². The van der Waals surface area contributed by atoms with E-state index in [4.69, 9.17) is 5.26 Å². The Labute approximate surface area is 67.3 Å². The van der Waals surface area contributed by atoms with E-state index in [1.54, 1.807) is 6.07 Å². The van der Waals surface area contributed by atoms with Gasteiger partial charge in [-0.3, -0.25) is 0 Å². The van der Waals surface area contributed by atoms with Crippen molar-refractivity contribution in [3.8, 4) is 6.07 Å². The van der Waals surface area contributed by atoms with Crippen molar-refractivity contribution < 1.29 is 0 Å². The molecule has 0 aliphatic heterocycles. The van der Waals surface area contributed by atoms with E-state index < -0.39 is 0 Å². The molecule has 0 aromatic heterocycles. The van der Waals surface area contributed by atoms with E-state index in [0.29, 0.717) is 0 Å². The van der Waals surface area contributed by atoms with Crippen LogP contribution < -0.4 is 0 Å². The van der Waals surface area contributed by atoms with Crippen LogP contribution >= 0.6 is 0 Å². The van der Waals surface area contributed by atoms with Crippen molar-refractivity contribution in [1.82, 2.24) is 0 Å². The van der Waals surface area contributed by atoms with Crippen LogP contribution in [0.25, 0.3) is 0 Å². The number of benzene rings is 1. The number of hydrogen-bond acceptors (Lipinski definition) is 1. The Morgan fingerprint density at radius 3 is 3.09 bits per heavy atom. The third-order valence-electron chi connectivity index (χ3n) is 1.51. The predicted molar refractivity (Wildman–Crippen MR) is 44.0 cm³/mol. The standard InChI is InChI=1S/C10H10N/c1-2-4-9-5-3-6-10(7-9)8-11/h3,6-7H,2,4H2,1H3. The largest absolute Gasteiger partial charge is 0.192 e. The van der Waals surface area contributed by atoms with E-state index in [0.717, 1.165) is 24.0 Å². The normalized spacial score (nSPS) is 9.09. The number of hydrogen-bond donors (Lipinski definition) is 0. The van der Waals surface area contributed by atoms with E-state index in [9.17, 15) is 0 Å². The number of nitriles is 1. The molecule has 0 saturated carbocycles. The number of nitrogens with zero attached hydrogens (tertiary/aromatic N) is 1. The van der Waals surface area contributed by atoms with Gasteiger partial charge < -0.3 is 0 Å². The molecule has 55 valence electrons. The minimum Gasteiger partial charge on any atom is -0.192 e. The Kier molecular flexibility index (Phi) is 2.68. The summed E-state index contributed by atoms with van der Waals surface area (Å²) in [6.45, 7) is 2.12. The minimum atomic E-state index is 0.729. The maximum Gasteiger partial charge on any atom is 0.0991 e. The van der Waals surface area contributed by atoms with Gasteiger partial charge in [-0.25, -0.2) is 0 Å². The summed E-state index contributed by atoms with van der Waals surface area (Å²) < 4.78 is 0. The molecule has 0 bridgehead atoms. The first-order valence-corrected chi connectivity index (χ1v) is 3.77. The summed E-state index contributed by atoms with van der Waals surface area (Å²) in [6.07, 6.45) is 2.11. The lowest BCUT2D eigenvalue weighted by Gasteiger charge is -1.95. The fourth-order valence-corrected chi connectivity index (χ4v) is 0.999. The Morgan fingerprint density at radius 2 is 2.45 bits per heavy atom. The zero-order chi connectivity index (χ0) is 8.10. The molecule has 0 atom stereocenters. The first-order valence-electron chi connectivity index (χ1n) is 3.77. The molecule has 1 rings (SSSR count). The lowest BCUT2D eigenvalue weighted by Crippen LogP contribution is -1.83. The Morgan fingerprint density at radius 1 is 1.64 bits per heavy atom. The fourth-order valence-electron chi connectivity index (χ4n) is 0.999. The average molecular weight is 144 g/mol. The van der Waals surface area contributed by atoms with Crippen molar-refractivity contribution in [2.75, 3.05) is 0 Å². The highest BCUT2D eigenvalue weighted by molar-refractivity contribution is 5.32. The maximum atomic E-state index is 8.57. The van der Waals surface area contributed by atoms with E-state index in [1.807, 2.05) is 12.1 Å². The molecule has 0 saturated heterocycles.